The molecule has 0 spiro atoms. The molecule has 106 valence electrons. The van der Waals surface area contributed by atoms with Crippen molar-refractivity contribution < 1.29 is 23.1 Å². The van der Waals surface area contributed by atoms with Crippen LogP contribution < -0.4 is 9.46 Å². The predicted molar refractivity (Wildman–Crippen MR) is 71.9 cm³/mol. The summed E-state index contributed by atoms with van der Waals surface area (Å²) in [6, 6.07) is 6.30. The van der Waals surface area contributed by atoms with Gasteiger partial charge in [0.15, 0.2) is 5.25 Å². The Kier molecular flexibility index (Phi) is 5.17. The Bertz CT molecular complexity index is 524. The van der Waals surface area contributed by atoms with Gasteiger partial charge in [0, 0.05) is 5.69 Å². The van der Waals surface area contributed by atoms with E-state index >= 15 is 0 Å². The molecular weight excluding hydrogens is 270 g/mol. The standard InChI is InChI=1S/C12H17NO5S/c1-3-8-18-11-6-4-10(5-7-11)13-19(16,17)9(2)12(14)15/h4-7,9,13H,3,8H2,1-2H3,(H,14,15). The summed E-state index contributed by atoms with van der Waals surface area (Å²) >= 11 is 0. The van der Waals surface area contributed by atoms with Gasteiger partial charge in [-0.15, -0.1) is 0 Å². The Hall–Kier alpha value is -1.76. The fraction of sp³-hybridized carbons (Fsp3) is 0.417. The molecule has 0 heterocycles. The maximum absolute atomic E-state index is 11.7. The van der Waals surface area contributed by atoms with Gasteiger partial charge in [-0.1, -0.05) is 6.92 Å². The van der Waals surface area contributed by atoms with Crippen LogP contribution in [0.2, 0.25) is 0 Å². The first-order valence-electron chi connectivity index (χ1n) is 5.84. The normalized spacial score (nSPS) is 12.7. The summed E-state index contributed by atoms with van der Waals surface area (Å²) in [4.78, 5) is 10.7. The first kappa shape index (κ1) is 15.3. The molecule has 0 saturated heterocycles. The average molecular weight is 287 g/mol. The summed E-state index contributed by atoms with van der Waals surface area (Å²) in [6.45, 7) is 3.68. The van der Waals surface area contributed by atoms with Gasteiger partial charge in [0.05, 0.1) is 6.61 Å². The van der Waals surface area contributed by atoms with E-state index in [1.54, 1.807) is 12.1 Å². The average Bonchev–Trinajstić information content (AvgIpc) is 2.36. The number of hydrogen-bond donors (Lipinski definition) is 2. The van der Waals surface area contributed by atoms with Gasteiger partial charge in [0.2, 0.25) is 10.0 Å². The SMILES string of the molecule is CCCOc1ccc(NS(=O)(=O)C(C)C(=O)O)cc1. The third-order valence-electron chi connectivity index (χ3n) is 2.40. The monoisotopic (exact) mass is 287 g/mol. The number of carboxylic acid groups (broad SMARTS) is 1. The maximum atomic E-state index is 11.7. The molecule has 0 aliphatic carbocycles. The maximum Gasteiger partial charge on any atom is 0.323 e. The highest BCUT2D eigenvalue weighted by Gasteiger charge is 2.27. The second-order valence-electron chi connectivity index (χ2n) is 4.00. The Morgan fingerprint density at radius 2 is 1.95 bits per heavy atom. The lowest BCUT2D eigenvalue weighted by atomic mass is 10.3. The lowest BCUT2D eigenvalue weighted by Gasteiger charge is -2.11. The summed E-state index contributed by atoms with van der Waals surface area (Å²) in [5, 5.41) is 7.19. The number of carboxylic acids is 1. The fourth-order valence-electron chi connectivity index (χ4n) is 1.22. The number of benzene rings is 1. The van der Waals surface area contributed by atoms with Crippen LogP contribution in [0.5, 0.6) is 5.75 Å². The zero-order chi connectivity index (χ0) is 14.5. The first-order chi connectivity index (χ1) is 8.86. The second kappa shape index (κ2) is 6.42. The topological polar surface area (TPSA) is 92.7 Å². The minimum atomic E-state index is -3.93. The molecule has 0 aliphatic rings. The van der Waals surface area contributed by atoms with E-state index in [-0.39, 0.29) is 0 Å². The number of hydrogen-bond acceptors (Lipinski definition) is 4. The Balaban J connectivity index is 2.75. The van der Waals surface area contributed by atoms with E-state index in [4.69, 9.17) is 9.84 Å². The Morgan fingerprint density at radius 3 is 2.42 bits per heavy atom. The second-order valence-corrected chi connectivity index (χ2v) is 6.00. The van der Waals surface area contributed by atoms with Crippen molar-refractivity contribution >= 4 is 21.7 Å². The van der Waals surface area contributed by atoms with Gasteiger partial charge < -0.3 is 9.84 Å². The van der Waals surface area contributed by atoms with Crippen molar-refractivity contribution in [2.75, 3.05) is 11.3 Å². The number of carbonyl (C=O) groups is 1. The van der Waals surface area contributed by atoms with Crippen LogP contribution in [0.15, 0.2) is 24.3 Å². The van der Waals surface area contributed by atoms with Crippen LogP contribution in [0.1, 0.15) is 20.3 Å². The fourth-order valence-corrected chi connectivity index (χ4v) is 2.13. The van der Waals surface area contributed by atoms with Crippen LogP contribution in [0, 0.1) is 0 Å². The molecule has 0 radical (unpaired) electrons. The molecule has 1 atom stereocenters. The summed E-state index contributed by atoms with van der Waals surface area (Å²) in [7, 11) is -3.93. The lowest BCUT2D eigenvalue weighted by molar-refractivity contribution is -0.136. The summed E-state index contributed by atoms with van der Waals surface area (Å²) in [6.07, 6.45) is 0.879. The molecule has 6 nitrogen and oxygen atoms in total. The van der Waals surface area contributed by atoms with Crippen molar-refractivity contribution in [3.8, 4) is 5.75 Å². The lowest BCUT2D eigenvalue weighted by Crippen LogP contribution is -2.32. The molecule has 0 aliphatic heterocycles. The number of ether oxygens (including phenoxy) is 1. The highest BCUT2D eigenvalue weighted by Crippen LogP contribution is 2.18. The van der Waals surface area contributed by atoms with Crippen molar-refractivity contribution in [2.24, 2.45) is 0 Å². The van der Waals surface area contributed by atoms with E-state index in [1.165, 1.54) is 12.1 Å². The zero-order valence-electron chi connectivity index (χ0n) is 10.8. The quantitative estimate of drug-likeness (QED) is 0.796. The predicted octanol–water partition coefficient (Wildman–Crippen LogP) is 1.69. The minimum absolute atomic E-state index is 0.303. The molecule has 0 saturated carbocycles. The van der Waals surface area contributed by atoms with E-state index in [0.29, 0.717) is 18.0 Å². The number of anilines is 1. The van der Waals surface area contributed by atoms with Crippen molar-refractivity contribution in [1.82, 2.24) is 0 Å². The van der Waals surface area contributed by atoms with Gasteiger partial charge in [-0.25, -0.2) is 8.42 Å². The van der Waals surface area contributed by atoms with Crippen LogP contribution in [0.3, 0.4) is 0 Å². The summed E-state index contributed by atoms with van der Waals surface area (Å²) in [5.41, 5.74) is 0.303. The number of aliphatic carboxylic acids is 1. The zero-order valence-corrected chi connectivity index (χ0v) is 11.6. The molecule has 0 bridgehead atoms. The minimum Gasteiger partial charge on any atom is -0.494 e. The molecule has 1 aromatic carbocycles. The highest BCUT2D eigenvalue weighted by atomic mass is 32.2. The van der Waals surface area contributed by atoms with Gasteiger partial charge >= 0.3 is 5.97 Å². The van der Waals surface area contributed by atoms with Crippen molar-refractivity contribution in [2.45, 2.75) is 25.5 Å². The van der Waals surface area contributed by atoms with Crippen LogP contribution in [-0.2, 0) is 14.8 Å². The van der Waals surface area contributed by atoms with E-state index < -0.39 is 21.2 Å². The van der Waals surface area contributed by atoms with Crippen LogP contribution in [-0.4, -0.2) is 31.4 Å². The van der Waals surface area contributed by atoms with Gasteiger partial charge in [0.1, 0.15) is 5.75 Å². The largest absolute Gasteiger partial charge is 0.494 e. The molecule has 0 aromatic heterocycles. The molecule has 7 heteroatoms. The molecule has 19 heavy (non-hydrogen) atoms. The Labute approximate surface area is 112 Å². The van der Waals surface area contributed by atoms with Crippen molar-refractivity contribution in [3.63, 3.8) is 0 Å². The van der Waals surface area contributed by atoms with Crippen LogP contribution in [0.25, 0.3) is 0 Å². The van der Waals surface area contributed by atoms with Crippen molar-refractivity contribution in [1.29, 1.82) is 0 Å². The van der Waals surface area contributed by atoms with Gasteiger partial charge in [-0.2, -0.15) is 0 Å². The number of rotatable bonds is 7. The third-order valence-corrected chi connectivity index (χ3v) is 4.05. The van der Waals surface area contributed by atoms with Gasteiger partial charge in [-0.3, -0.25) is 9.52 Å². The summed E-state index contributed by atoms with van der Waals surface area (Å²) < 4.78 is 30.9. The third kappa shape index (κ3) is 4.44. The molecule has 1 unspecified atom stereocenters. The van der Waals surface area contributed by atoms with E-state index in [9.17, 15) is 13.2 Å². The first-order valence-corrected chi connectivity index (χ1v) is 7.38. The van der Waals surface area contributed by atoms with Gasteiger partial charge in [-0.05, 0) is 37.6 Å². The smallest absolute Gasteiger partial charge is 0.323 e. The molecule has 0 amide bonds. The molecule has 1 aromatic rings. The Morgan fingerprint density at radius 1 is 1.37 bits per heavy atom. The molecular formula is C12H17NO5S. The van der Waals surface area contributed by atoms with E-state index in [2.05, 4.69) is 4.72 Å². The van der Waals surface area contributed by atoms with Crippen LogP contribution in [0.4, 0.5) is 5.69 Å². The number of nitrogens with one attached hydrogen (secondary N) is 1. The van der Waals surface area contributed by atoms with Gasteiger partial charge in [0.25, 0.3) is 0 Å². The highest BCUT2D eigenvalue weighted by molar-refractivity contribution is 7.94. The van der Waals surface area contributed by atoms with Crippen molar-refractivity contribution in [3.05, 3.63) is 24.3 Å². The molecule has 2 N–H and O–H groups in total. The molecule has 0 fully saturated rings. The molecule has 1 rings (SSSR count). The number of sulfonamides is 1. The summed E-state index contributed by atoms with van der Waals surface area (Å²) in [5.74, 6) is -0.758. The van der Waals surface area contributed by atoms with E-state index in [1.807, 2.05) is 6.92 Å². The van der Waals surface area contributed by atoms with E-state index in [0.717, 1.165) is 13.3 Å². The van der Waals surface area contributed by atoms with Crippen LogP contribution >= 0.6 is 0 Å².